The van der Waals surface area contributed by atoms with Crippen LogP contribution in [0.5, 0.6) is 0 Å². The molecule has 0 radical (unpaired) electrons. The van der Waals surface area contributed by atoms with Crippen molar-refractivity contribution >= 4 is 33.0 Å². The molecule has 1 N–H and O–H groups in total. The van der Waals surface area contributed by atoms with E-state index >= 15 is 0 Å². The van der Waals surface area contributed by atoms with Crippen LogP contribution in [0.1, 0.15) is 31.4 Å². The van der Waals surface area contributed by atoms with E-state index in [1.165, 1.54) is 6.26 Å². The maximum atomic E-state index is 11.2. The number of benzene rings is 1. The van der Waals surface area contributed by atoms with Crippen LogP contribution >= 0.6 is 23.2 Å². The van der Waals surface area contributed by atoms with Crippen molar-refractivity contribution in [1.29, 1.82) is 0 Å². The molecule has 1 rings (SSSR count). The minimum atomic E-state index is -2.92. The van der Waals surface area contributed by atoms with Crippen molar-refractivity contribution in [3.05, 3.63) is 33.8 Å². The standard InChI is InChI=1S/C13H19Cl2NO2S/c1-3-16-13(5-4-8-19(2,17)18)11-9-10(14)6-7-12(11)15/h6-7,9,13,16H,3-5,8H2,1-2H3. The summed E-state index contributed by atoms with van der Waals surface area (Å²) in [6, 6.07) is 5.36. The Morgan fingerprint density at radius 2 is 2.00 bits per heavy atom. The molecule has 0 amide bonds. The summed E-state index contributed by atoms with van der Waals surface area (Å²) in [5, 5.41) is 4.59. The molecule has 0 spiro atoms. The van der Waals surface area contributed by atoms with E-state index in [9.17, 15) is 8.42 Å². The molecule has 108 valence electrons. The SMILES string of the molecule is CCNC(CCCS(C)(=O)=O)c1cc(Cl)ccc1Cl. The Kier molecular flexibility index (Phi) is 6.60. The summed E-state index contributed by atoms with van der Waals surface area (Å²) >= 11 is 12.2. The lowest BCUT2D eigenvalue weighted by molar-refractivity contribution is 0.507. The number of rotatable bonds is 7. The molecule has 0 heterocycles. The average molecular weight is 324 g/mol. The Hall–Kier alpha value is -0.290. The van der Waals surface area contributed by atoms with E-state index in [1.807, 2.05) is 13.0 Å². The molecule has 0 aliphatic carbocycles. The first kappa shape index (κ1) is 16.8. The Morgan fingerprint density at radius 3 is 2.58 bits per heavy atom. The number of hydrogen-bond donors (Lipinski definition) is 1. The van der Waals surface area contributed by atoms with Gasteiger partial charge < -0.3 is 5.32 Å². The van der Waals surface area contributed by atoms with E-state index in [0.29, 0.717) is 22.9 Å². The summed E-state index contributed by atoms with van der Waals surface area (Å²) in [7, 11) is -2.92. The largest absolute Gasteiger partial charge is 0.310 e. The first-order chi connectivity index (χ1) is 8.83. The highest BCUT2D eigenvalue weighted by atomic mass is 35.5. The van der Waals surface area contributed by atoms with Gasteiger partial charge in [-0.15, -0.1) is 0 Å². The van der Waals surface area contributed by atoms with Crippen LogP contribution in [-0.2, 0) is 9.84 Å². The second-order valence-corrected chi connectivity index (χ2v) is 7.65. The molecule has 0 saturated heterocycles. The molecule has 6 heteroatoms. The zero-order chi connectivity index (χ0) is 14.5. The van der Waals surface area contributed by atoms with Crippen molar-refractivity contribution < 1.29 is 8.42 Å². The molecule has 3 nitrogen and oxygen atoms in total. The van der Waals surface area contributed by atoms with E-state index in [4.69, 9.17) is 23.2 Å². The molecule has 1 aromatic rings. The number of sulfone groups is 1. The lowest BCUT2D eigenvalue weighted by atomic mass is 10.0. The molecule has 0 aliphatic heterocycles. The summed E-state index contributed by atoms with van der Waals surface area (Å²) in [6.07, 6.45) is 2.56. The summed E-state index contributed by atoms with van der Waals surface area (Å²) in [6.45, 7) is 2.79. The molecule has 0 aromatic heterocycles. The second kappa shape index (κ2) is 7.48. The molecule has 0 fully saturated rings. The smallest absolute Gasteiger partial charge is 0.147 e. The monoisotopic (exact) mass is 323 g/mol. The predicted octanol–water partition coefficient (Wildman–Crippen LogP) is 3.47. The molecule has 0 aliphatic rings. The third-order valence-electron chi connectivity index (χ3n) is 2.79. The summed E-state index contributed by atoms with van der Waals surface area (Å²) < 4.78 is 22.3. The van der Waals surface area contributed by atoms with Crippen LogP contribution in [-0.4, -0.2) is 27.0 Å². The van der Waals surface area contributed by atoms with Crippen molar-refractivity contribution in [2.75, 3.05) is 18.6 Å². The van der Waals surface area contributed by atoms with Gasteiger partial charge in [0.15, 0.2) is 0 Å². The van der Waals surface area contributed by atoms with Crippen LogP contribution in [0.25, 0.3) is 0 Å². The fourth-order valence-electron chi connectivity index (χ4n) is 1.95. The zero-order valence-electron chi connectivity index (χ0n) is 11.1. The quantitative estimate of drug-likeness (QED) is 0.835. The molecule has 0 saturated carbocycles. The van der Waals surface area contributed by atoms with E-state index in [0.717, 1.165) is 12.1 Å². The number of nitrogens with one attached hydrogen (secondary N) is 1. The fourth-order valence-corrected chi connectivity index (χ4v) is 3.07. The Balaban J connectivity index is 2.79. The van der Waals surface area contributed by atoms with E-state index in [2.05, 4.69) is 5.32 Å². The summed E-state index contributed by atoms with van der Waals surface area (Å²) in [4.78, 5) is 0. The van der Waals surface area contributed by atoms with Gasteiger partial charge in [0, 0.05) is 28.1 Å². The van der Waals surface area contributed by atoms with Crippen LogP contribution in [0.2, 0.25) is 10.0 Å². The molecular formula is C13H19Cl2NO2S. The van der Waals surface area contributed by atoms with E-state index in [-0.39, 0.29) is 11.8 Å². The minimum Gasteiger partial charge on any atom is -0.310 e. The van der Waals surface area contributed by atoms with Gasteiger partial charge in [0.05, 0.1) is 0 Å². The number of halogens is 2. The maximum absolute atomic E-state index is 11.2. The Morgan fingerprint density at radius 1 is 1.32 bits per heavy atom. The van der Waals surface area contributed by atoms with Crippen LogP contribution in [0.3, 0.4) is 0 Å². The van der Waals surface area contributed by atoms with Gasteiger partial charge in [-0.1, -0.05) is 30.1 Å². The van der Waals surface area contributed by atoms with Crippen molar-refractivity contribution in [1.82, 2.24) is 5.32 Å². The van der Waals surface area contributed by atoms with Gasteiger partial charge in [-0.3, -0.25) is 0 Å². The summed E-state index contributed by atoms with van der Waals surface area (Å²) in [5.41, 5.74) is 0.921. The second-order valence-electron chi connectivity index (χ2n) is 4.55. The van der Waals surface area contributed by atoms with Crippen LogP contribution in [0.4, 0.5) is 0 Å². The highest BCUT2D eigenvalue weighted by molar-refractivity contribution is 7.90. The third kappa shape index (κ3) is 6.13. The van der Waals surface area contributed by atoms with Crippen LogP contribution in [0.15, 0.2) is 18.2 Å². The first-order valence-electron chi connectivity index (χ1n) is 6.19. The van der Waals surface area contributed by atoms with Gasteiger partial charge in [0.2, 0.25) is 0 Å². The molecule has 1 unspecified atom stereocenters. The van der Waals surface area contributed by atoms with Gasteiger partial charge >= 0.3 is 0 Å². The van der Waals surface area contributed by atoms with Gasteiger partial charge in [0.1, 0.15) is 9.84 Å². The molecule has 19 heavy (non-hydrogen) atoms. The normalized spacial score (nSPS) is 13.5. The molecular weight excluding hydrogens is 305 g/mol. The van der Waals surface area contributed by atoms with Gasteiger partial charge in [0.25, 0.3) is 0 Å². The number of hydrogen-bond acceptors (Lipinski definition) is 3. The topological polar surface area (TPSA) is 46.2 Å². The average Bonchev–Trinajstić information content (AvgIpc) is 2.30. The maximum Gasteiger partial charge on any atom is 0.147 e. The summed E-state index contributed by atoms with van der Waals surface area (Å²) in [5.74, 6) is 0.188. The van der Waals surface area contributed by atoms with Crippen molar-refractivity contribution in [2.45, 2.75) is 25.8 Å². The van der Waals surface area contributed by atoms with Crippen LogP contribution in [0, 0.1) is 0 Å². The lowest BCUT2D eigenvalue weighted by Crippen LogP contribution is -2.22. The van der Waals surface area contributed by atoms with Gasteiger partial charge in [-0.05, 0) is 43.1 Å². The molecule has 0 bridgehead atoms. The van der Waals surface area contributed by atoms with Crippen molar-refractivity contribution in [3.8, 4) is 0 Å². The minimum absolute atomic E-state index is 0.0259. The van der Waals surface area contributed by atoms with Crippen LogP contribution < -0.4 is 5.32 Å². The Bertz CT molecular complexity index is 517. The highest BCUT2D eigenvalue weighted by Crippen LogP contribution is 2.29. The third-order valence-corrected chi connectivity index (χ3v) is 4.40. The van der Waals surface area contributed by atoms with Gasteiger partial charge in [-0.2, -0.15) is 0 Å². The van der Waals surface area contributed by atoms with E-state index in [1.54, 1.807) is 12.1 Å². The predicted molar refractivity (Wildman–Crippen MR) is 81.8 cm³/mol. The lowest BCUT2D eigenvalue weighted by Gasteiger charge is -2.19. The van der Waals surface area contributed by atoms with Crippen molar-refractivity contribution in [2.24, 2.45) is 0 Å². The molecule has 1 atom stereocenters. The first-order valence-corrected chi connectivity index (χ1v) is 9.01. The van der Waals surface area contributed by atoms with Crippen molar-refractivity contribution in [3.63, 3.8) is 0 Å². The Labute approximate surface area is 125 Å². The fraction of sp³-hybridized carbons (Fsp3) is 0.538. The van der Waals surface area contributed by atoms with Gasteiger partial charge in [-0.25, -0.2) is 8.42 Å². The zero-order valence-corrected chi connectivity index (χ0v) is 13.4. The van der Waals surface area contributed by atoms with E-state index < -0.39 is 9.84 Å². The molecule has 1 aromatic carbocycles. The highest BCUT2D eigenvalue weighted by Gasteiger charge is 2.15.